The second-order valence-electron chi connectivity index (χ2n) is 4.68. The average molecular weight is 352 g/mol. The van der Waals surface area contributed by atoms with Crippen LogP contribution in [0.4, 0.5) is 0 Å². The summed E-state index contributed by atoms with van der Waals surface area (Å²) in [6, 6.07) is 5.73. The highest BCUT2D eigenvalue weighted by Gasteiger charge is 2.11. The molecule has 5 heteroatoms. The normalized spacial score (nSPS) is 11.2. The topological polar surface area (TPSA) is 48.9 Å². The molecular weight excluding hydrogens is 340 g/mol. The minimum absolute atomic E-state index is 0.0202. The number of hydrogen-bond acceptors (Lipinski definition) is 2. The molecule has 0 aliphatic rings. The molecule has 0 fully saturated rings. The number of aliphatic hydroxyl groups excluding tert-OH is 1. The fourth-order valence-electron chi connectivity index (χ4n) is 2.27. The Kier molecular flexibility index (Phi) is 3.54. The van der Waals surface area contributed by atoms with Gasteiger partial charge < -0.3 is 10.1 Å². The Morgan fingerprint density at radius 2 is 2.10 bits per heavy atom. The van der Waals surface area contributed by atoms with E-state index < -0.39 is 0 Å². The van der Waals surface area contributed by atoms with E-state index in [1.54, 1.807) is 12.3 Å². The Morgan fingerprint density at radius 1 is 1.30 bits per heavy atom. The van der Waals surface area contributed by atoms with Gasteiger partial charge >= 0.3 is 0 Å². The number of benzene rings is 1. The molecule has 0 spiro atoms. The summed E-state index contributed by atoms with van der Waals surface area (Å²) in [6.07, 6.45) is 3.60. The fraction of sp³-hybridized carbons (Fsp3) is 0.133. The predicted octanol–water partition coefficient (Wildman–Crippen LogP) is 4.45. The van der Waals surface area contributed by atoms with Crippen LogP contribution in [-0.2, 0) is 6.61 Å². The molecule has 20 heavy (non-hydrogen) atoms. The van der Waals surface area contributed by atoms with Crippen LogP contribution in [0.2, 0.25) is 5.02 Å². The summed E-state index contributed by atoms with van der Waals surface area (Å²) in [6.45, 7) is 2.01. The van der Waals surface area contributed by atoms with Crippen LogP contribution < -0.4 is 0 Å². The van der Waals surface area contributed by atoms with Gasteiger partial charge in [-0.2, -0.15) is 0 Å². The summed E-state index contributed by atoms with van der Waals surface area (Å²) < 4.78 is 0.968. The number of halogens is 2. The number of fused-ring (bicyclic) bond motifs is 1. The first-order chi connectivity index (χ1) is 9.60. The summed E-state index contributed by atoms with van der Waals surface area (Å²) >= 11 is 9.73. The van der Waals surface area contributed by atoms with E-state index in [0.717, 1.165) is 37.8 Å². The van der Waals surface area contributed by atoms with Gasteiger partial charge in [-0.05, 0) is 52.2 Å². The van der Waals surface area contributed by atoms with Crippen molar-refractivity contribution in [2.24, 2.45) is 0 Å². The molecular formula is C15H12BrClN2O. The van der Waals surface area contributed by atoms with Crippen LogP contribution >= 0.6 is 27.5 Å². The van der Waals surface area contributed by atoms with E-state index in [2.05, 4.69) is 25.9 Å². The highest BCUT2D eigenvalue weighted by atomic mass is 79.9. The van der Waals surface area contributed by atoms with Crippen LogP contribution in [0.3, 0.4) is 0 Å². The Morgan fingerprint density at radius 3 is 2.85 bits per heavy atom. The zero-order chi connectivity index (χ0) is 14.3. The van der Waals surface area contributed by atoms with Crippen LogP contribution in [0.1, 0.15) is 11.1 Å². The third-order valence-electron chi connectivity index (χ3n) is 3.37. The summed E-state index contributed by atoms with van der Waals surface area (Å²) in [5, 5.41) is 10.8. The molecule has 1 aromatic carbocycles. The van der Waals surface area contributed by atoms with Crippen molar-refractivity contribution in [2.75, 3.05) is 0 Å². The van der Waals surface area contributed by atoms with E-state index in [-0.39, 0.29) is 6.61 Å². The molecule has 3 rings (SSSR count). The van der Waals surface area contributed by atoms with Gasteiger partial charge in [0, 0.05) is 33.5 Å². The van der Waals surface area contributed by atoms with Crippen molar-refractivity contribution >= 4 is 38.4 Å². The van der Waals surface area contributed by atoms with Crippen molar-refractivity contribution in [3.63, 3.8) is 0 Å². The Labute approximate surface area is 129 Å². The van der Waals surface area contributed by atoms with Gasteiger partial charge in [0.05, 0.1) is 17.1 Å². The molecule has 0 saturated heterocycles. The van der Waals surface area contributed by atoms with Crippen molar-refractivity contribution in [3.05, 3.63) is 51.2 Å². The molecule has 2 heterocycles. The molecule has 3 aromatic rings. The number of hydrogen-bond donors (Lipinski definition) is 2. The van der Waals surface area contributed by atoms with Gasteiger partial charge in [-0.3, -0.25) is 4.98 Å². The quantitative estimate of drug-likeness (QED) is 0.717. The lowest BCUT2D eigenvalue weighted by Gasteiger charge is -2.04. The highest BCUT2D eigenvalue weighted by Crippen LogP contribution is 2.32. The summed E-state index contributed by atoms with van der Waals surface area (Å²) in [5.74, 6) is 0. The maximum Gasteiger partial charge on any atom is 0.0682 e. The largest absolute Gasteiger partial charge is 0.392 e. The second kappa shape index (κ2) is 5.20. The van der Waals surface area contributed by atoms with Gasteiger partial charge in [-0.15, -0.1) is 0 Å². The van der Waals surface area contributed by atoms with Crippen LogP contribution in [0.15, 0.2) is 35.1 Å². The van der Waals surface area contributed by atoms with Crippen molar-refractivity contribution < 1.29 is 5.11 Å². The number of aromatic nitrogens is 2. The fourth-order valence-corrected chi connectivity index (χ4v) is 2.89. The molecule has 0 saturated carbocycles. The van der Waals surface area contributed by atoms with E-state index in [9.17, 15) is 5.11 Å². The van der Waals surface area contributed by atoms with Crippen LogP contribution in [0.5, 0.6) is 0 Å². The maximum atomic E-state index is 9.24. The van der Waals surface area contributed by atoms with Gasteiger partial charge in [0.25, 0.3) is 0 Å². The van der Waals surface area contributed by atoms with E-state index in [4.69, 9.17) is 11.6 Å². The Balaban J connectivity index is 2.23. The number of nitrogens with zero attached hydrogens (tertiary/aromatic N) is 1. The summed E-state index contributed by atoms with van der Waals surface area (Å²) in [4.78, 5) is 7.53. The highest BCUT2D eigenvalue weighted by molar-refractivity contribution is 9.10. The lowest BCUT2D eigenvalue weighted by Crippen LogP contribution is -1.86. The van der Waals surface area contributed by atoms with Gasteiger partial charge in [-0.25, -0.2) is 0 Å². The molecule has 0 aliphatic heterocycles. The van der Waals surface area contributed by atoms with E-state index in [1.165, 1.54) is 0 Å². The first kappa shape index (κ1) is 13.6. The van der Waals surface area contributed by atoms with Gasteiger partial charge in [0.15, 0.2) is 0 Å². The lowest BCUT2D eigenvalue weighted by molar-refractivity contribution is 0.282. The van der Waals surface area contributed by atoms with Crippen molar-refractivity contribution in [3.8, 4) is 11.3 Å². The SMILES string of the molecule is Cc1c(Br)cncc1-c1cc2cc(CO)cc(Cl)c2[nH]1. The molecule has 2 N–H and O–H groups in total. The van der Waals surface area contributed by atoms with Crippen LogP contribution in [0, 0.1) is 6.92 Å². The van der Waals surface area contributed by atoms with E-state index >= 15 is 0 Å². The molecule has 2 aromatic heterocycles. The van der Waals surface area contributed by atoms with Crippen LogP contribution in [0.25, 0.3) is 22.2 Å². The Hall–Kier alpha value is -1.36. The monoisotopic (exact) mass is 350 g/mol. The number of aliphatic hydroxyl groups is 1. The van der Waals surface area contributed by atoms with Crippen molar-refractivity contribution in [2.45, 2.75) is 13.5 Å². The minimum Gasteiger partial charge on any atom is -0.392 e. The smallest absolute Gasteiger partial charge is 0.0682 e. The molecule has 0 unspecified atom stereocenters. The van der Waals surface area contributed by atoms with Gasteiger partial charge in [-0.1, -0.05) is 11.6 Å². The Bertz CT molecular complexity index is 798. The van der Waals surface area contributed by atoms with E-state index in [0.29, 0.717) is 5.02 Å². The number of rotatable bonds is 2. The van der Waals surface area contributed by atoms with Gasteiger partial charge in [0.1, 0.15) is 0 Å². The molecule has 0 atom stereocenters. The maximum absolute atomic E-state index is 9.24. The molecule has 0 bridgehead atoms. The summed E-state index contributed by atoms with van der Waals surface area (Å²) in [5.41, 5.74) is 4.78. The predicted molar refractivity (Wildman–Crippen MR) is 84.9 cm³/mol. The zero-order valence-corrected chi connectivity index (χ0v) is 13.1. The summed E-state index contributed by atoms with van der Waals surface area (Å²) in [7, 11) is 0. The van der Waals surface area contributed by atoms with Gasteiger partial charge in [0.2, 0.25) is 0 Å². The molecule has 3 nitrogen and oxygen atoms in total. The number of nitrogens with one attached hydrogen (secondary N) is 1. The zero-order valence-electron chi connectivity index (χ0n) is 10.7. The third kappa shape index (κ3) is 2.24. The average Bonchev–Trinajstić information content (AvgIpc) is 2.86. The molecule has 0 amide bonds. The third-order valence-corrected chi connectivity index (χ3v) is 4.46. The molecule has 0 radical (unpaired) electrons. The lowest BCUT2D eigenvalue weighted by atomic mass is 10.1. The van der Waals surface area contributed by atoms with Crippen molar-refractivity contribution in [1.82, 2.24) is 9.97 Å². The minimum atomic E-state index is -0.0202. The van der Waals surface area contributed by atoms with Crippen LogP contribution in [-0.4, -0.2) is 15.1 Å². The number of H-pyrrole nitrogens is 1. The number of pyridine rings is 1. The first-order valence-corrected chi connectivity index (χ1v) is 7.29. The molecule has 0 aliphatic carbocycles. The standard InChI is InChI=1S/C15H12BrClN2O/c1-8-11(5-18-6-12(8)16)14-4-10-2-9(7-20)3-13(17)15(10)19-14/h2-6,19-20H,7H2,1H3. The second-order valence-corrected chi connectivity index (χ2v) is 5.94. The number of aromatic amines is 1. The van der Waals surface area contributed by atoms with E-state index in [1.807, 2.05) is 25.3 Å². The van der Waals surface area contributed by atoms with Crippen molar-refractivity contribution in [1.29, 1.82) is 0 Å². The first-order valence-electron chi connectivity index (χ1n) is 6.12. The molecule has 102 valence electrons.